The Morgan fingerprint density at radius 3 is 3.14 bits per heavy atom. The minimum absolute atomic E-state index is 0.0943. The van der Waals surface area contributed by atoms with Crippen molar-refractivity contribution in [3.8, 4) is 0 Å². The molecule has 0 unspecified atom stereocenters. The minimum atomic E-state index is -0.790. The van der Waals surface area contributed by atoms with Crippen molar-refractivity contribution in [1.82, 2.24) is 15.5 Å². The Kier molecular flexibility index (Phi) is 2.77. The Bertz CT molecular complexity index is 302. The molecule has 0 aliphatic carbocycles. The summed E-state index contributed by atoms with van der Waals surface area (Å²) in [6.45, 7) is 2.44. The Morgan fingerprint density at radius 2 is 2.50 bits per heavy atom. The van der Waals surface area contributed by atoms with Crippen LogP contribution in [0.4, 0.5) is 4.39 Å². The first kappa shape index (κ1) is 9.58. The first-order valence-electron chi connectivity index (χ1n) is 4.99. The second-order valence-corrected chi connectivity index (χ2v) is 3.59. The number of nitrogens with zero attached hydrogens (tertiary/aromatic N) is 2. The lowest BCUT2D eigenvalue weighted by atomic mass is 10.2. The van der Waals surface area contributed by atoms with Gasteiger partial charge in [-0.1, -0.05) is 12.1 Å². The molecule has 4 nitrogen and oxygen atoms in total. The van der Waals surface area contributed by atoms with Gasteiger partial charge in [0, 0.05) is 19.4 Å². The standard InChI is InChI=1S/C9H14FN3O/c1-2-3-8-12-9(14-13-8)7-4-6(10)5-11-7/h6-7,11H,2-5H2,1H3/t6-,7-/m0/s1. The molecule has 0 amide bonds. The van der Waals surface area contributed by atoms with Crippen LogP contribution in [0.5, 0.6) is 0 Å². The van der Waals surface area contributed by atoms with Gasteiger partial charge in [0.1, 0.15) is 6.17 Å². The van der Waals surface area contributed by atoms with E-state index < -0.39 is 6.17 Å². The number of hydrogen-bond acceptors (Lipinski definition) is 4. The molecule has 1 saturated heterocycles. The lowest BCUT2D eigenvalue weighted by Gasteiger charge is -2.00. The molecule has 78 valence electrons. The van der Waals surface area contributed by atoms with Gasteiger partial charge >= 0.3 is 0 Å². The summed E-state index contributed by atoms with van der Waals surface area (Å²) in [6, 6.07) is -0.0943. The molecule has 0 bridgehead atoms. The minimum Gasteiger partial charge on any atom is -0.338 e. The largest absolute Gasteiger partial charge is 0.338 e. The summed E-state index contributed by atoms with van der Waals surface area (Å²) in [4.78, 5) is 4.21. The van der Waals surface area contributed by atoms with E-state index >= 15 is 0 Å². The van der Waals surface area contributed by atoms with E-state index in [0.717, 1.165) is 12.8 Å². The van der Waals surface area contributed by atoms with E-state index in [9.17, 15) is 4.39 Å². The lowest BCUT2D eigenvalue weighted by Crippen LogP contribution is -2.14. The molecule has 1 aromatic rings. The number of halogens is 1. The van der Waals surface area contributed by atoms with Gasteiger partial charge in [0.25, 0.3) is 0 Å². The quantitative estimate of drug-likeness (QED) is 0.799. The van der Waals surface area contributed by atoms with E-state index in [-0.39, 0.29) is 6.04 Å². The first-order chi connectivity index (χ1) is 6.79. The summed E-state index contributed by atoms with van der Waals surface area (Å²) in [5, 5.41) is 6.83. The highest BCUT2D eigenvalue weighted by Crippen LogP contribution is 2.23. The number of rotatable bonds is 3. The van der Waals surface area contributed by atoms with Crippen LogP contribution >= 0.6 is 0 Å². The van der Waals surface area contributed by atoms with Crippen LogP contribution in [0.1, 0.15) is 37.5 Å². The van der Waals surface area contributed by atoms with Crippen molar-refractivity contribution in [2.45, 2.75) is 38.4 Å². The predicted molar refractivity (Wildman–Crippen MR) is 48.5 cm³/mol. The highest BCUT2D eigenvalue weighted by atomic mass is 19.1. The number of alkyl halides is 1. The van der Waals surface area contributed by atoms with Crippen molar-refractivity contribution in [3.05, 3.63) is 11.7 Å². The topological polar surface area (TPSA) is 51.0 Å². The summed E-state index contributed by atoms with van der Waals surface area (Å²) < 4.78 is 17.9. The number of aryl methyl sites for hydroxylation is 1. The Morgan fingerprint density at radius 1 is 1.64 bits per heavy atom. The maximum atomic E-state index is 12.9. The normalized spacial score (nSPS) is 27.0. The number of aromatic nitrogens is 2. The molecule has 1 N–H and O–H groups in total. The smallest absolute Gasteiger partial charge is 0.243 e. The zero-order valence-corrected chi connectivity index (χ0v) is 8.16. The van der Waals surface area contributed by atoms with Gasteiger partial charge in [-0.2, -0.15) is 4.98 Å². The third-order valence-electron chi connectivity index (χ3n) is 2.33. The molecule has 2 rings (SSSR count). The van der Waals surface area contributed by atoms with E-state index in [4.69, 9.17) is 4.52 Å². The SMILES string of the molecule is CCCc1noc([C@@H]2C[C@H](F)CN2)n1. The van der Waals surface area contributed by atoms with Crippen molar-refractivity contribution < 1.29 is 8.91 Å². The van der Waals surface area contributed by atoms with Crippen LogP contribution < -0.4 is 5.32 Å². The molecule has 0 aromatic carbocycles. The Labute approximate surface area is 81.9 Å². The molecule has 1 fully saturated rings. The van der Waals surface area contributed by atoms with Crippen LogP contribution in [0.3, 0.4) is 0 Å². The third kappa shape index (κ3) is 1.92. The molecule has 1 aromatic heterocycles. The van der Waals surface area contributed by atoms with Gasteiger partial charge in [0.05, 0.1) is 6.04 Å². The van der Waals surface area contributed by atoms with Gasteiger partial charge in [-0.25, -0.2) is 4.39 Å². The third-order valence-corrected chi connectivity index (χ3v) is 2.33. The van der Waals surface area contributed by atoms with Crippen molar-refractivity contribution in [2.75, 3.05) is 6.54 Å². The molecule has 1 aliphatic rings. The summed E-state index contributed by atoms with van der Waals surface area (Å²) >= 11 is 0. The molecule has 2 atom stereocenters. The maximum absolute atomic E-state index is 12.9. The second-order valence-electron chi connectivity index (χ2n) is 3.59. The van der Waals surface area contributed by atoms with Gasteiger partial charge in [0.2, 0.25) is 5.89 Å². The van der Waals surface area contributed by atoms with E-state index in [1.54, 1.807) is 0 Å². The van der Waals surface area contributed by atoms with Crippen LogP contribution in [0.2, 0.25) is 0 Å². The molecule has 2 heterocycles. The van der Waals surface area contributed by atoms with Gasteiger partial charge in [-0.3, -0.25) is 0 Å². The van der Waals surface area contributed by atoms with Crippen molar-refractivity contribution in [2.24, 2.45) is 0 Å². The molecule has 0 radical (unpaired) electrons. The zero-order valence-electron chi connectivity index (χ0n) is 8.16. The van der Waals surface area contributed by atoms with E-state index in [1.807, 2.05) is 0 Å². The fraction of sp³-hybridized carbons (Fsp3) is 0.778. The molecule has 1 aliphatic heterocycles. The van der Waals surface area contributed by atoms with E-state index in [2.05, 4.69) is 22.4 Å². The average molecular weight is 199 g/mol. The summed E-state index contributed by atoms with van der Waals surface area (Å²) in [7, 11) is 0. The number of hydrogen-bond donors (Lipinski definition) is 1. The van der Waals surface area contributed by atoms with Crippen LogP contribution in [0, 0.1) is 0 Å². The monoisotopic (exact) mass is 199 g/mol. The highest BCUT2D eigenvalue weighted by Gasteiger charge is 2.28. The fourth-order valence-corrected chi connectivity index (χ4v) is 1.61. The van der Waals surface area contributed by atoms with Gasteiger partial charge in [-0.15, -0.1) is 0 Å². The van der Waals surface area contributed by atoms with Gasteiger partial charge < -0.3 is 9.84 Å². The number of nitrogens with one attached hydrogen (secondary N) is 1. The predicted octanol–water partition coefficient (Wildman–Crippen LogP) is 1.39. The van der Waals surface area contributed by atoms with Crippen LogP contribution in [0.15, 0.2) is 4.52 Å². The molecule has 5 heteroatoms. The van der Waals surface area contributed by atoms with Crippen LogP contribution in [0.25, 0.3) is 0 Å². The summed E-state index contributed by atoms with van der Waals surface area (Å²) in [5.74, 6) is 1.24. The van der Waals surface area contributed by atoms with Crippen molar-refractivity contribution >= 4 is 0 Å². The Hall–Kier alpha value is -0.970. The average Bonchev–Trinajstić information content (AvgIpc) is 2.74. The van der Waals surface area contributed by atoms with Crippen molar-refractivity contribution in [1.29, 1.82) is 0 Å². The van der Waals surface area contributed by atoms with Crippen LogP contribution in [-0.2, 0) is 6.42 Å². The summed E-state index contributed by atoms with van der Waals surface area (Å²) in [5.41, 5.74) is 0. The lowest BCUT2D eigenvalue weighted by molar-refractivity contribution is 0.322. The highest BCUT2D eigenvalue weighted by molar-refractivity contribution is 4.97. The molecule has 0 saturated carbocycles. The first-order valence-corrected chi connectivity index (χ1v) is 4.99. The summed E-state index contributed by atoms with van der Waals surface area (Å²) in [6.07, 6.45) is 1.45. The van der Waals surface area contributed by atoms with E-state index in [1.165, 1.54) is 0 Å². The molecule has 14 heavy (non-hydrogen) atoms. The fourth-order valence-electron chi connectivity index (χ4n) is 1.61. The maximum Gasteiger partial charge on any atom is 0.243 e. The van der Waals surface area contributed by atoms with Gasteiger partial charge in [0.15, 0.2) is 5.82 Å². The molecular weight excluding hydrogens is 185 g/mol. The van der Waals surface area contributed by atoms with Gasteiger partial charge in [-0.05, 0) is 6.42 Å². The van der Waals surface area contributed by atoms with E-state index in [0.29, 0.717) is 24.7 Å². The zero-order chi connectivity index (χ0) is 9.97. The van der Waals surface area contributed by atoms with Crippen LogP contribution in [-0.4, -0.2) is 22.9 Å². The van der Waals surface area contributed by atoms with Crippen molar-refractivity contribution in [3.63, 3.8) is 0 Å². The molecular formula is C9H14FN3O. The molecule has 0 spiro atoms. The second kappa shape index (κ2) is 4.04. The Balaban J connectivity index is 2.02.